The molecule has 0 saturated carbocycles. The van der Waals surface area contributed by atoms with Gasteiger partial charge in [-0.2, -0.15) is 0 Å². The van der Waals surface area contributed by atoms with Crippen LogP contribution in [0.4, 0.5) is 0 Å². The normalized spacial score (nSPS) is 16.9. The third-order valence-corrected chi connectivity index (χ3v) is 4.46. The second kappa shape index (κ2) is 12.0. The average Bonchev–Trinajstić information content (AvgIpc) is 3.09. The maximum absolute atomic E-state index is 12.1. The van der Waals surface area contributed by atoms with Crippen molar-refractivity contribution in [2.75, 3.05) is 33.3 Å². The zero-order chi connectivity index (χ0) is 18.9. The van der Waals surface area contributed by atoms with Gasteiger partial charge >= 0.3 is 0 Å². The molecule has 0 aromatic heterocycles. The number of ether oxygens (including phenoxy) is 1. The lowest BCUT2D eigenvalue weighted by molar-refractivity contribution is -0.133. The molecule has 27 heavy (non-hydrogen) atoms. The van der Waals surface area contributed by atoms with Gasteiger partial charge in [-0.15, -0.1) is 24.0 Å². The summed E-state index contributed by atoms with van der Waals surface area (Å²) in [5, 5.41) is 6.72. The Balaban J connectivity index is 0.00000364. The smallest absolute Gasteiger partial charge is 0.225 e. The van der Waals surface area contributed by atoms with Crippen LogP contribution >= 0.6 is 24.0 Å². The van der Waals surface area contributed by atoms with Gasteiger partial charge in [0.2, 0.25) is 5.91 Å². The molecule has 1 amide bonds. The van der Waals surface area contributed by atoms with E-state index in [4.69, 9.17) is 4.74 Å². The highest BCUT2D eigenvalue weighted by Crippen LogP contribution is 2.13. The molecule has 1 fully saturated rings. The number of likely N-dealkylation sites (tertiary alicyclic amines) is 1. The van der Waals surface area contributed by atoms with Crippen LogP contribution in [0.1, 0.15) is 32.3 Å². The summed E-state index contributed by atoms with van der Waals surface area (Å²) in [6, 6.07) is 8.34. The van der Waals surface area contributed by atoms with Gasteiger partial charge in [-0.1, -0.05) is 31.5 Å². The fourth-order valence-corrected chi connectivity index (χ4v) is 2.93. The lowest BCUT2D eigenvalue weighted by atomic mass is 10.2. The summed E-state index contributed by atoms with van der Waals surface area (Å²) in [5.41, 5.74) is 1.23. The number of aliphatic imine (C=N–C) groups is 1. The molecule has 6 nitrogen and oxygen atoms in total. The van der Waals surface area contributed by atoms with Gasteiger partial charge in [-0.25, -0.2) is 0 Å². The summed E-state index contributed by atoms with van der Waals surface area (Å²) in [6.45, 7) is 8.96. The van der Waals surface area contributed by atoms with Gasteiger partial charge in [0.15, 0.2) is 5.96 Å². The minimum atomic E-state index is 0. The van der Waals surface area contributed by atoms with E-state index in [0.29, 0.717) is 6.61 Å². The first kappa shape index (κ1) is 23.5. The summed E-state index contributed by atoms with van der Waals surface area (Å²) in [5.74, 6) is 1.97. The average molecular weight is 488 g/mol. The van der Waals surface area contributed by atoms with Crippen LogP contribution in [-0.4, -0.2) is 56.1 Å². The zero-order valence-electron chi connectivity index (χ0n) is 16.8. The van der Waals surface area contributed by atoms with E-state index in [1.165, 1.54) is 5.56 Å². The Bertz CT molecular complexity index is 605. The van der Waals surface area contributed by atoms with E-state index < -0.39 is 0 Å². The fraction of sp³-hybridized carbons (Fsp3) is 0.600. The molecule has 1 aromatic rings. The SMILES string of the molecule is CN=C(NCCCOc1ccc(C)cc1)NC1CCN(C(=O)C(C)C)C1.I. The quantitative estimate of drug-likeness (QED) is 0.268. The molecule has 1 heterocycles. The van der Waals surface area contributed by atoms with Gasteiger partial charge in [0.25, 0.3) is 0 Å². The predicted octanol–water partition coefficient (Wildman–Crippen LogP) is 2.80. The first-order valence-electron chi connectivity index (χ1n) is 9.45. The number of aryl methyl sites for hydroxylation is 1. The van der Waals surface area contributed by atoms with Crippen LogP contribution in [0.25, 0.3) is 0 Å². The Hall–Kier alpha value is -1.51. The van der Waals surface area contributed by atoms with Crippen LogP contribution in [-0.2, 0) is 4.79 Å². The summed E-state index contributed by atoms with van der Waals surface area (Å²) >= 11 is 0. The summed E-state index contributed by atoms with van der Waals surface area (Å²) in [7, 11) is 1.77. The number of benzene rings is 1. The largest absolute Gasteiger partial charge is 0.494 e. The van der Waals surface area contributed by atoms with Crippen molar-refractivity contribution in [1.82, 2.24) is 15.5 Å². The summed E-state index contributed by atoms with van der Waals surface area (Å²) < 4.78 is 5.73. The van der Waals surface area contributed by atoms with E-state index in [9.17, 15) is 4.79 Å². The van der Waals surface area contributed by atoms with Gasteiger partial charge in [-0.05, 0) is 31.9 Å². The van der Waals surface area contributed by atoms with Gasteiger partial charge in [0.05, 0.1) is 6.61 Å². The molecule has 0 bridgehead atoms. The summed E-state index contributed by atoms with van der Waals surface area (Å²) in [6.07, 6.45) is 1.84. The van der Waals surface area contributed by atoms with Gasteiger partial charge < -0.3 is 20.3 Å². The highest BCUT2D eigenvalue weighted by atomic mass is 127. The Kier molecular flexibility index (Phi) is 10.5. The van der Waals surface area contributed by atoms with Crippen molar-refractivity contribution in [3.05, 3.63) is 29.8 Å². The molecule has 1 aliphatic heterocycles. The molecule has 1 unspecified atom stereocenters. The van der Waals surface area contributed by atoms with E-state index in [1.807, 2.05) is 43.0 Å². The number of nitrogens with zero attached hydrogens (tertiary/aromatic N) is 2. The molecule has 1 aromatic carbocycles. The number of hydrogen-bond donors (Lipinski definition) is 2. The molecule has 7 heteroatoms. The standard InChI is InChI=1S/C20H32N4O2.HI/c1-15(2)19(25)24-12-10-17(14-24)23-20(21-4)22-11-5-13-26-18-8-6-16(3)7-9-18;/h6-9,15,17H,5,10-14H2,1-4H3,(H2,21,22,23);1H. The molecule has 152 valence electrons. The van der Waals surface area contributed by atoms with E-state index in [2.05, 4.69) is 22.5 Å². The van der Waals surface area contributed by atoms with Crippen molar-refractivity contribution in [2.24, 2.45) is 10.9 Å². The number of rotatable bonds is 7. The van der Waals surface area contributed by atoms with E-state index in [1.54, 1.807) is 7.05 Å². The van der Waals surface area contributed by atoms with E-state index >= 15 is 0 Å². The second-order valence-corrected chi connectivity index (χ2v) is 7.08. The highest BCUT2D eigenvalue weighted by molar-refractivity contribution is 14.0. The topological polar surface area (TPSA) is 66.0 Å². The summed E-state index contributed by atoms with van der Waals surface area (Å²) in [4.78, 5) is 18.3. The van der Waals surface area contributed by atoms with Crippen LogP contribution < -0.4 is 15.4 Å². The molecule has 1 saturated heterocycles. The number of amides is 1. The number of hydrogen-bond acceptors (Lipinski definition) is 3. The zero-order valence-corrected chi connectivity index (χ0v) is 19.2. The molecule has 1 atom stereocenters. The second-order valence-electron chi connectivity index (χ2n) is 7.08. The van der Waals surface area contributed by atoms with Crippen molar-refractivity contribution in [3.63, 3.8) is 0 Å². The van der Waals surface area contributed by atoms with Gasteiger partial charge in [-0.3, -0.25) is 9.79 Å². The Morgan fingerprint density at radius 2 is 2.04 bits per heavy atom. The van der Waals surface area contributed by atoms with Gasteiger partial charge in [0, 0.05) is 38.6 Å². The number of carbonyl (C=O) groups is 1. The Morgan fingerprint density at radius 3 is 2.67 bits per heavy atom. The lowest BCUT2D eigenvalue weighted by Gasteiger charge is -2.20. The fourth-order valence-electron chi connectivity index (χ4n) is 2.93. The first-order valence-corrected chi connectivity index (χ1v) is 9.45. The van der Waals surface area contributed by atoms with Crippen molar-refractivity contribution in [1.29, 1.82) is 0 Å². The number of guanidine groups is 1. The number of nitrogens with one attached hydrogen (secondary N) is 2. The molecule has 2 N–H and O–H groups in total. The van der Waals surface area contributed by atoms with Crippen molar-refractivity contribution >= 4 is 35.8 Å². The molecule has 1 aliphatic rings. The lowest BCUT2D eigenvalue weighted by Crippen LogP contribution is -2.45. The predicted molar refractivity (Wildman–Crippen MR) is 121 cm³/mol. The third-order valence-electron chi connectivity index (χ3n) is 4.46. The van der Waals surface area contributed by atoms with Crippen LogP contribution in [0.15, 0.2) is 29.3 Å². The van der Waals surface area contributed by atoms with Crippen LogP contribution in [0.3, 0.4) is 0 Å². The van der Waals surface area contributed by atoms with Crippen molar-refractivity contribution in [3.8, 4) is 5.75 Å². The van der Waals surface area contributed by atoms with Crippen LogP contribution in [0, 0.1) is 12.8 Å². The molecule has 0 radical (unpaired) electrons. The molecular weight excluding hydrogens is 455 g/mol. The molecule has 0 spiro atoms. The molecular formula is C20H33IN4O2. The minimum Gasteiger partial charge on any atom is -0.494 e. The Morgan fingerprint density at radius 1 is 1.33 bits per heavy atom. The maximum Gasteiger partial charge on any atom is 0.225 e. The molecule has 2 rings (SSSR count). The van der Waals surface area contributed by atoms with Gasteiger partial charge in [0.1, 0.15) is 5.75 Å². The minimum absolute atomic E-state index is 0. The first-order chi connectivity index (χ1) is 12.5. The maximum atomic E-state index is 12.1. The van der Waals surface area contributed by atoms with Crippen LogP contribution in [0.5, 0.6) is 5.75 Å². The number of carbonyl (C=O) groups excluding carboxylic acids is 1. The molecule has 0 aliphatic carbocycles. The highest BCUT2D eigenvalue weighted by Gasteiger charge is 2.27. The Labute approximate surface area is 180 Å². The third kappa shape index (κ3) is 7.94. The van der Waals surface area contributed by atoms with E-state index in [0.717, 1.165) is 44.2 Å². The monoisotopic (exact) mass is 488 g/mol. The number of halogens is 1. The van der Waals surface area contributed by atoms with Crippen molar-refractivity contribution in [2.45, 2.75) is 39.7 Å². The van der Waals surface area contributed by atoms with E-state index in [-0.39, 0.29) is 41.8 Å². The van der Waals surface area contributed by atoms with Crippen molar-refractivity contribution < 1.29 is 9.53 Å². The van der Waals surface area contributed by atoms with Crippen LogP contribution in [0.2, 0.25) is 0 Å².